The van der Waals surface area contributed by atoms with Gasteiger partial charge in [-0.15, -0.1) is 0 Å². The maximum absolute atomic E-state index is 5.41. The van der Waals surface area contributed by atoms with Gasteiger partial charge in [-0.2, -0.15) is 0 Å². The highest BCUT2D eigenvalue weighted by molar-refractivity contribution is 5.52. The molecular formula is C13H21N3O. The SMILES string of the molecule is CCNc1cc(NC(C)C2CCOC2)ccn1. The Labute approximate surface area is 103 Å². The number of pyridine rings is 1. The minimum atomic E-state index is 0.439. The van der Waals surface area contributed by atoms with Crippen molar-refractivity contribution >= 4 is 11.5 Å². The van der Waals surface area contributed by atoms with E-state index >= 15 is 0 Å². The first-order chi connectivity index (χ1) is 8.29. The van der Waals surface area contributed by atoms with Gasteiger partial charge in [-0.25, -0.2) is 4.98 Å². The van der Waals surface area contributed by atoms with Crippen LogP contribution in [0.1, 0.15) is 20.3 Å². The van der Waals surface area contributed by atoms with Crippen molar-refractivity contribution in [3.8, 4) is 0 Å². The molecule has 2 atom stereocenters. The summed E-state index contributed by atoms with van der Waals surface area (Å²) >= 11 is 0. The first-order valence-corrected chi connectivity index (χ1v) is 6.34. The Morgan fingerprint density at radius 2 is 2.47 bits per heavy atom. The van der Waals surface area contributed by atoms with Crippen molar-refractivity contribution in [2.45, 2.75) is 26.3 Å². The molecule has 0 aromatic carbocycles. The summed E-state index contributed by atoms with van der Waals surface area (Å²) in [7, 11) is 0. The number of aromatic nitrogens is 1. The molecule has 0 spiro atoms. The number of nitrogens with one attached hydrogen (secondary N) is 2. The van der Waals surface area contributed by atoms with E-state index in [4.69, 9.17) is 4.74 Å². The van der Waals surface area contributed by atoms with Crippen LogP contribution < -0.4 is 10.6 Å². The maximum Gasteiger partial charge on any atom is 0.127 e. The summed E-state index contributed by atoms with van der Waals surface area (Å²) in [6.45, 7) is 6.95. The van der Waals surface area contributed by atoms with Crippen molar-refractivity contribution in [1.82, 2.24) is 4.98 Å². The van der Waals surface area contributed by atoms with E-state index in [-0.39, 0.29) is 0 Å². The van der Waals surface area contributed by atoms with Crippen molar-refractivity contribution in [1.29, 1.82) is 0 Å². The average Bonchev–Trinajstić information content (AvgIpc) is 2.83. The van der Waals surface area contributed by atoms with Gasteiger partial charge in [0.25, 0.3) is 0 Å². The molecule has 1 aromatic rings. The molecule has 1 fully saturated rings. The van der Waals surface area contributed by atoms with E-state index in [9.17, 15) is 0 Å². The molecule has 17 heavy (non-hydrogen) atoms. The molecular weight excluding hydrogens is 214 g/mol. The van der Waals surface area contributed by atoms with Crippen LogP contribution in [0.5, 0.6) is 0 Å². The summed E-state index contributed by atoms with van der Waals surface area (Å²) in [5.74, 6) is 1.54. The third-order valence-electron chi connectivity index (χ3n) is 3.18. The monoisotopic (exact) mass is 235 g/mol. The van der Waals surface area contributed by atoms with Crippen LogP contribution in [0.3, 0.4) is 0 Å². The van der Waals surface area contributed by atoms with Gasteiger partial charge in [0.2, 0.25) is 0 Å². The van der Waals surface area contributed by atoms with Gasteiger partial charge in [-0.1, -0.05) is 0 Å². The minimum absolute atomic E-state index is 0.439. The fourth-order valence-electron chi connectivity index (χ4n) is 2.13. The number of anilines is 2. The van der Waals surface area contributed by atoms with Crippen LogP contribution in [0.15, 0.2) is 18.3 Å². The molecule has 0 aliphatic carbocycles. The third kappa shape index (κ3) is 3.33. The van der Waals surface area contributed by atoms with Crippen LogP contribution in [0.25, 0.3) is 0 Å². The Morgan fingerprint density at radius 1 is 1.59 bits per heavy atom. The minimum Gasteiger partial charge on any atom is -0.382 e. The molecule has 1 aromatic heterocycles. The number of hydrogen-bond donors (Lipinski definition) is 2. The molecule has 1 saturated heterocycles. The summed E-state index contributed by atoms with van der Waals surface area (Å²) in [6.07, 6.45) is 2.98. The lowest BCUT2D eigenvalue weighted by atomic mass is 10.0. The van der Waals surface area contributed by atoms with Gasteiger partial charge in [-0.05, 0) is 26.3 Å². The summed E-state index contributed by atoms with van der Waals surface area (Å²) in [4.78, 5) is 4.26. The van der Waals surface area contributed by atoms with Gasteiger partial charge < -0.3 is 15.4 Å². The van der Waals surface area contributed by atoms with Crippen LogP contribution in [-0.4, -0.2) is 30.8 Å². The molecule has 1 aliphatic heterocycles. The van der Waals surface area contributed by atoms with Gasteiger partial charge in [0.1, 0.15) is 5.82 Å². The molecule has 4 heteroatoms. The zero-order chi connectivity index (χ0) is 12.1. The van der Waals surface area contributed by atoms with Crippen LogP contribution in [0.2, 0.25) is 0 Å². The van der Waals surface area contributed by atoms with Crippen molar-refractivity contribution in [3.05, 3.63) is 18.3 Å². The summed E-state index contributed by atoms with van der Waals surface area (Å²) in [5, 5.41) is 6.74. The molecule has 0 bridgehead atoms. The molecule has 4 nitrogen and oxygen atoms in total. The van der Waals surface area contributed by atoms with Gasteiger partial charge in [0.05, 0.1) is 6.61 Å². The second-order valence-electron chi connectivity index (χ2n) is 4.52. The average molecular weight is 235 g/mol. The number of ether oxygens (including phenoxy) is 1. The lowest BCUT2D eigenvalue weighted by Crippen LogP contribution is -2.26. The highest BCUT2D eigenvalue weighted by Gasteiger charge is 2.22. The molecule has 2 rings (SSSR count). The molecule has 94 valence electrons. The van der Waals surface area contributed by atoms with E-state index in [0.29, 0.717) is 12.0 Å². The smallest absolute Gasteiger partial charge is 0.127 e. The van der Waals surface area contributed by atoms with Crippen LogP contribution in [-0.2, 0) is 4.74 Å². The fraction of sp³-hybridized carbons (Fsp3) is 0.615. The maximum atomic E-state index is 5.41. The summed E-state index contributed by atoms with van der Waals surface area (Å²) < 4.78 is 5.41. The molecule has 0 radical (unpaired) electrons. The van der Waals surface area contributed by atoms with E-state index in [0.717, 1.165) is 37.7 Å². The lowest BCUT2D eigenvalue weighted by molar-refractivity contribution is 0.183. The van der Waals surface area contributed by atoms with Crippen LogP contribution in [0.4, 0.5) is 11.5 Å². The van der Waals surface area contributed by atoms with E-state index in [1.165, 1.54) is 0 Å². The quantitative estimate of drug-likeness (QED) is 0.822. The van der Waals surface area contributed by atoms with Gasteiger partial charge >= 0.3 is 0 Å². The number of hydrogen-bond acceptors (Lipinski definition) is 4. The molecule has 2 N–H and O–H groups in total. The zero-order valence-corrected chi connectivity index (χ0v) is 10.6. The van der Waals surface area contributed by atoms with Crippen molar-refractivity contribution in [2.24, 2.45) is 5.92 Å². The number of nitrogens with zero attached hydrogens (tertiary/aromatic N) is 1. The lowest BCUT2D eigenvalue weighted by Gasteiger charge is -2.20. The molecule has 0 saturated carbocycles. The van der Waals surface area contributed by atoms with E-state index in [1.54, 1.807) is 0 Å². The number of rotatable bonds is 5. The Kier molecular flexibility index (Phi) is 4.20. The topological polar surface area (TPSA) is 46.2 Å². The fourth-order valence-corrected chi connectivity index (χ4v) is 2.13. The van der Waals surface area contributed by atoms with Gasteiger partial charge in [0, 0.05) is 43.1 Å². The predicted molar refractivity (Wildman–Crippen MR) is 70.4 cm³/mol. The van der Waals surface area contributed by atoms with Crippen molar-refractivity contribution in [3.63, 3.8) is 0 Å². The Morgan fingerprint density at radius 3 is 3.18 bits per heavy atom. The Hall–Kier alpha value is -1.29. The zero-order valence-electron chi connectivity index (χ0n) is 10.6. The Bertz CT molecular complexity index is 350. The first-order valence-electron chi connectivity index (χ1n) is 6.34. The summed E-state index contributed by atoms with van der Waals surface area (Å²) in [5.41, 5.74) is 1.12. The van der Waals surface area contributed by atoms with Crippen molar-refractivity contribution < 1.29 is 4.74 Å². The highest BCUT2D eigenvalue weighted by atomic mass is 16.5. The second kappa shape index (κ2) is 5.87. The molecule has 2 heterocycles. The van der Waals surface area contributed by atoms with E-state index in [1.807, 2.05) is 12.3 Å². The second-order valence-corrected chi connectivity index (χ2v) is 4.52. The van der Waals surface area contributed by atoms with Gasteiger partial charge in [0.15, 0.2) is 0 Å². The van der Waals surface area contributed by atoms with E-state index < -0.39 is 0 Å². The summed E-state index contributed by atoms with van der Waals surface area (Å²) in [6, 6.07) is 4.50. The van der Waals surface area contributed by atoms with E-state index in [2.05, 4.69) is 35.5 Å². The van der Waals surface area contributed by atoms with Crippen LogP contribution >= 0.6 is 0 Å². The molecule has 2 unspecified atom stereocenters. The Balaban J connectivity index is 1.94. The van der Waals surface area contributed by atoms with Crippen molar-refractivity contribution in [2.75, 3.05) is 30.4 Å². The van der Waals surface area contributed by atoms with Crippen LogP contribution in [0, 0.1) is 5.92 Å². The van der Waals surface area contributed by atoms with Gasteiger partial charge in [-0.3, -0.25) is 0 Å². The largest absolute Gasteiger partial charge is 0.382 e. The standard InChI is InChI=1S/C13H21N3O/c1-3-14-13-8-12(4-6-15-13)16-10(2)11-5-7-17-9-11/h4,6,8,10-11H,3,5,7,9H2,1-2H3,(H2,14,15,16). The molecule has 1 aliphatic rings. The first kappa shape index (κ1) is 12.2. The normalized spacial score (nSPS) is 21.2. The predicted octanol–water partition coefficient (Wildman–Crippen LogP) is 2.35. The third-order valence-corrected chi connectivity index (χ3v) is 3.18. The molecule has 0 amide bonds. The highest BCUT2D eigenvalue weighted by Crippen LogP contribution is 2.21.